The highest BCUT2D eigenvalue weighted by molar-refractivity contribution is 7.89. The Morgan fingerprint density at radius 1 is 1.05 bits per heavy atom. The minimum atomic E-state index is -3.93. The normalized spacial score (nSPS) is 16.2. The average Bonchev–Trinajstić information content (AvgIpc) is 3.26. The number of nitrogens with zero attached hydrogens (tertiary/aromatic N) is 2. The van der Waals surface area contributed by atoms with Crippen molar-refractivity contribution >= 4 is 48.2 Å². The van der Waals surface area contributed by atoms with Crippen LogP contribution in [-0.4, -0.2) is 50.4 Å². The number of carbonyl (C=O) groups is 1. The van der Waals surface area contributed by atoms with Crippen molar-refractivity contribution in [2.75, 3.05) is 23.3 Å². The molecule has 1 saturated heterocycles. The van der Waals surface area contributed by atoms with Crippen molar-refractivity contribution in [3.8, 4) is 11.1 Å². The number of amides is 1. The lowest BCUT2D eigenvalue weighted by molar-refractivity contribution is -0.119. The highest BCUT2D eigenvalue weighted by atomic mass is 32.2. The van der Waals surface area contributed by atoms with Crippen molar-refractivity contribution < 1.29 is 21.6 Å². The maximum absolute atomic E-state index is 13.5. The number of nitrogens with one attached hydrogen (secondary N) is 1. The molecule has 0 radical (unpaired) electrons. The van der Waals surface area contributed by atoms with Gasteiger partial charge in [0.25, 0.3) is 0 Å². The maximum atomic E-state index is 13.5. The maximum Gasteiger partial charge on any atom is 0.243 e. The SMILES string of the molecule is Nc1nccc2ccc(CC(C(=O)Nc3ccc(-c4ccccc4S(N)(=O)=O)cc3)N3CCCS3(=O)=O)cc12. The first kappa shape index (κ1) is 26.8. The number of hydrogen-bond acceptors (Lipinski definition) is 7. The third-order valence-corrected chi connectivity index (χ3v) is 9.66. The van der Waals surface area contributed by atoms with E-state index in [9.17, 15) is 21.6 Å². The van der Waals surface area contributed by atoms with Crippen molar-refractivity contribution in [2.24, 2.45) is 5.14 Å². The number of rotatable bonds is 7. The van der Waals surface area contributed by atoms with Crippen molar-refractivity contribution in [1.29, 1.82) is 0 Å². The zero-order valence-electron chi connectivity index (χ0n) is 20.8. The van der Waals surface area contributed by atoms with E-state index in [1.165, 1.54) is 10.4 Å². The Hall–Kier alpha value is -3.84. The van der Waals surface area contributed by atoms with Crippen molar-refractivity contribution in [3.05, 3.63) is 84.6 Å². The lowest BCUT2D eigenvalue weighted by atomic mass is 10.0. The van der Waals surface area contributed by atoms with Crippen molar-refractivity contribution in [2.45, 2.75) is 23.8 Å². The van der Waals surface area contributed by atoms with E-state index in [0.29, 0.717) is 29.1 Å². The standard InChI is InChI=1S/C27H27N5O5S2/c28-26-23-16-18(6-7-20(23)12-13-30-26)17-24(32-14-3-15-38(32,34)35)27(33)31-21-10-8-19(9-11-21)22-4-1-2-5-25(22)39(29,36)37/h1-2,4-13,16,24H,3,14-15,17H2,(H2,28,30)(H,31,33)(H2,29,36,37). The number of primary sulfonamides is 1. The van der Waals surface area contributed by atoms with E-state index in [1.807, 2.05) is 24.3 Å². The molecule has 10 nitrogen and oxygen atoms in total. The molecule has 1 aromatic heterocycles. The van der Waals surface area contributed by atoms with Crippen LogP contribution in [0, 0.1) is 0 Å². The van der Waals surface area contributed by atoms with Gasteiger partial charge in [-0.2, -0.15) is 4.31 Å². The van der Waals surface area contributed by atoms with Crippen LogP contribution in [0.3, 0.4) is 0 Å². The Morgan fingerprint density at radius 2 is 1.79 bits per heavy atom. The second-order valence-corrected chi connectivity index (χ2v) is 12.9. The monoisotopic (exact) mass is 565 g/mol. The van der Waals surface area contributed by atoms with Crippen LogP contribution in [0.1, 0.15) is 12.0 Å². The van der Waals surface area contributed by atoms with Gasteiger partial charge in [0.1, 0.15) is 11.9 Å². The third kappa shape index (κ3) is 5.64. The minimum absolute atomic E-state index is 0.00712. The molecule has 1 aliphatic heterocycles. The first-order valence-corrected chi connectivity index (χ1v) is 15.3. The molecule has 0 bridgehead atoms. The molecule has 1 fully saturated rings. The number of hydrogen-bond donors (Lipinski definition) is 3. The fourth-order valence-corrected chi connectivity index (χ4v) is 7.29. The highest BCUT2D eigenvalue weighted by Crippen LogP contribution is 2.29. The molecule has 2 heterocycles. The van der Waals surface area contributed by atoms with E-state index in [-0.39, 0.29) is 23.6 Å². The quantitative estimate of drug-likeness (QED) is 0.310. The zero-order valence-corrected chi connectivity index (χ0v) is 22.5. The predicted molar refractivity (Wildman–Crippen MR) is 151 cm³/mol. The fraction of sp³-hybridized carbons (Fsp3) is 0.185. The van der Waals surface area contributed by atoms with E-state index < -0.39 is 32.0 Å². The number of benzene rings is 3. The molecule has 1 amide bonds. The van der Waals surface area contributed by atoms with Gasteiger partial charge < -0.3 is 11.1 Å². The van der Waals surface area contributed by atoms with Gasteiger partial charge in [0.05, 0.1) is 10.6 Å². The fourth-order valence-electron chi connectivity index (χ4n) is 4.83. The first-order chi connectivity index (χ1) is 18.5. The summed E-state index contributed by atoms with van der Waals surface area (Å²) in [5.74, 6) is -0.130. The third-order valence-electron chi connectivity index (χ3n) is 6.74. The summed E-state index contributed by atoms with van der Waals surface area (Å²) in [4.78, 5) is 17.6. The van der Waals surface area contributed by atoms with Gasteiger partial charge in [0, 0.05) is 29.4 Å². The number of nitrogen functional groups attached to an aromatic ring is 1. The lowest BCUT2D eigenvalue weighted by Crippen LogP contribution is -2.46. The van der Waals surface area contributed by atoms with Crippen molar-refractivity contribution in [3.63, 3.8) is 0 Å². The molecular formula is C27H27N5O5S2. The second-order valence-electron chi connectivity index (χ2n) is 9.36. The van der Waals surface area contributed by atoms with E-state index in [1.54, 1.807) is 48.7 Å². The predicted octanol–water partition coefficient (Wildman–Crippen LogP) is 2.72. The number of anilines is 2. The number of aromatic nitrogens is 1. The summed E-state index contributed by atoms with van der Waals surface area (Å²) in [6.07, 6.45) is 2.21. The molecule has 0 saturated carbocycles. The van der Waals surface area contributed by atoms with Crippen LogP contribution >= 0.6 is 0 Å². The van der Waals surface area contributed by atoms with Gasteiger partial charge in [0.15, 0.2) is 0 Å². The van der Waals surface area contributed by atoms with Crippen LogP contribution in [0.25, 0.3) is 21.9 Å². The Kier molecular flexibility index (Phi) is 7.12. The Balaban J connectivity index is 1.42. The van der Waals surface area contributed by atoms with Crippen LogP contribution in [0.4, 0.5) is 11.5 Å². The van der Waals surface area contributed by atoms with Gasteiger partial charge in [-0.3, -0.25) is 4.79 Å². The van der Waals surface area contributed by atoms with E-state index in [4.69, 9.17) is 10.9 Å². The number of carbonyl (C=O) groups excluding carboxylic acids is 1. The summed E-state index contributed by atoms with van der Waals surface area (Å²) in [6.45, 7) is 0.251. The van der Waals surface area contributed by atoms with Crippen LogP contribution in [0.15, 0.2) is 83.9 Å². The van der Waals surface area contributed by atoms with Crippen molar-refractivity contribution in [1.82, 2.24) is 9.29 Å². The molecule has 4 aromatic rings. The number of nitrogens with two attached hydrogens (primary N) is 2. The summed E-state index contributed by atoms with van der Waals surface area (Å²) in [5.41, 5.74) is 8.25. The summed E-state index contributed by atoms with van der Waals surface area (Å²) in [7, 11) is -7.52. The summed E-state index contributed by atoms with van der Waals surface area (Å²) in [5, 5.41) is 9.81. The smallest absolute Gasteiger partial charge is 0.243 e. The van der Waals surface area contributed by atoms with Crippen LogP contribution < -0.4 is 16.2 Å². The van der Waals surface area contributed by atoms with Crippen LogP contribution in [0.5, 0.6) is 0 Å². The van der Waals surface area contributed by atoms with E-state index in [0.717, 1.165) is 16.3 Å². The largest absolute Gasteiger partial charge is 0.383 e. The van der Waals surface area contributed by atoms with Gasteiger partial charge in [-0.1, -0.05) is 42.5 Å². The molecule has 39 heavy (non-hydrogen) atoms. The molecular weight excluding hydrogens is 538 g/mol. The van der Waals surface area contributed by atoms with E-state index >= 15 is 0 Å². The van der Waals surface area contributed by atoms with Crippen LogP contribution in [-0.2, 0) is 31.3 Å². The van der Waals surface area contributed by atoms with Gasteiger partial charge in [-0.05, 0) is 59.7 Å². The molecule has 3 aromatic carbocycles. The van der Waals surface area contributed by atoms with Gasteiger partial charge in [0.2, 0.25) is 26.0 Å². The van der Waals surface area contributed by atoms with Gasteiger partial charge in [-0.15, -0.1) is 0 Å². The summed E-state index contributed by atoms with van der Waals surface area (Å²) < 4.78 is 50.8. The summed E-state index contributed by atoms with van der Waals surface area (Å²) >= 11 is 0. The molecule has 0 aliphatic carbocycles. The highest BCUT2D eigenvalue weighted by Gasteiger charge is 2.38. The molecule has 202 valence electrons. The molecule has 1 aliphatic rings. The number of pyridine rings is 1. The molecule has 5 N–H and O–H groups in total. The molecule has 1 atom stereocenters. The molecule has 1 unspecified atom stereocenters. The Morgan fingerprint density at radius 3 is 2.49 bits per heavy atom. The zero-order chi connectivity index (χ0) is 27.8. The molecule has 12 heteroatoms. The Bertz CT molecular complexity index is 1770. The second kappa shape index (κ2) is 10.4. The van der Waals surface area contributed by atoms with Gasteiger partial charge in [-0.25, -0.2) is 27.0 Å². The topological polar surface area (TPSA) is 166 Å². The van der Waals surface area contributed by atoms with E-state index in [2.05, 4.69) is 10.3 Å². The molecule has 0 spiro atoms. The first-order valence-electron chi connectivity index (χ1n) is 12.2. The number of sulfonamides is 2. The summed E-state index contributed by atoms with van der Waals surface area (Å²) in [6, 6.07) is 19.4. The Labute approximate surface area is 226 Å². The number of fused-ring (bicyclic) bond motifs is 1. The average molecular weight is 566 g/mol. The molecule has 5 rings (SSSR count). The van der Waals surface area contributed by atoms with Crippen LogP contribution in [0.2, 0.25) is 0 Å². The van der Waals surface area contributed by atoms with Gasteiger partial charge >= 0.3 is 0 Å². The minimum Gasteiger partial charge on any atom is -0.383 e. The lowest BCUT2D eigenvalue weighted by Gasteiger charge is -2.26.